The zero-order chi connectivity index (χ0) is 28.5. The third kappa shape index (κ3) is 9.94. The Morgan fingerprint density at radius 1 is 0.949 bits per heavy atom. The number of carbonyl (C=O) groups excluding carboxylic acids is 3. The van der Waals surface area contributed by atoms with Crippen molar-refractivity contribution in [3.63, 3.8) is 0 Å². The van der Waals surface area contributed by atoms with Gasteiger partial charge >= 0.3 is 11.9 Å². The molecule has 2 aromatic carbocycles. The van der Waals surface area contributed by atoms with Gasteiger partial charge in [-0.2, -0.15) is 0 Å². The van der Waals surface area contributed by atoms with Crippen LogP contribution in [0.15, 0.2) is 60.7 Å². The van der Waals surface area contributed by atoms with E-state index >= 15 is 0 Å². The van der Waals surface area contributed by atoms with E-state index in [1.807, 2.05) is 60.7 Å². The summed E-state index contributed by atoms with van der Waals surface area (Å²) in [6, 6.07) is 18.8. The normalized spacial score (nSPS) is 18.8. The molecule has 3 atom stereocenters. The molecule has 1 amide bonds. The Labute approximate surface area is 231 Å². The van der Waals surface area contributed by atoms with Crippen LogP contribution in [0, 0.1) is 11.3 Å². The van der Waals surface area contributed by atoms with Gasteiger partial charge < -0.3 is 19.3 Å². The quantitative estimate of drug-likeness (QED) is 0.172. The van der Waals surface area contributed by atoms with Crippen molar-refractivity contribution < 1.29 is 33.3 Å². The number of likely N-dealkylation sites (tertiary alicyclic amines) is 1. The van der Waals surface area contributed by atoms with Crippen molar-refractivity contribution in [2.75, 3.05) is 25.7 Å². The van der Waals surface area contributed by atoms with Gasteiger partial charge in [-0.15, -0.1) is 0 Å². The second kappa shape index (κ2) is 13.9. The maximum atomic E-state index is 13.2. The van der Waals surface area contributed by atoms with E-state index in [2.05, 4.69) is 0 Å². The van der Waals surface area contributed by atoms with Crippen LogP contribution in [0.4, 0.5) is 0 Å². The molecule has 0 radical (unpaired) electrons. The zero-order valence-electron chi connectivity index (χ0n) is 23.1. The molecule has 8 nitrogen and oxygen atoms in total. The summed E-state index contributed by atoms with van der Waals surface area (Å²) in [5, 5.41) is 0. The average molecular weight is 558 g/mol. The summed E-state index contributed by atoms with van der Waals surface area (Å²) in [7, 11) is -3.73. The van der Waals surface area contributed by atoms with E-state index < -0.39 is 49.6 Å². The van der Waals surface area contributed by atoms with Crippen LogP contribution in [-0.4, -0.2) is 59.3 Å². The molecule has 1 heterocycles. The van der Waals surface area contributed by atoms with Gasteiger partial charge in [0.2, 0.25) is 20.1 Å². The number of benzene rings is 2. The van der Waals surface area contributed by atoms with Crippen molar-refractivity contribution in [1.82, 2.24) is 4.90 Å². The Balaban J connectivity index is 1.59. The summed E-state index contributed by atoms with van der Waals surface area (Å²) in [4.78, 5) is 50.2. The molecule has 0 aromatic heterocycles. The Morgan fingerprint density at radius 3 is 2.18 bits per heavy atom. The van der Waals surface area contributed by atoms with Crippen molar-refractivity contribution >= 4 is 25.2 Å². The summed E-state index contributed by atoms with van der Waals surface area (Å²) >= 11 is 0. The van der Waals surface area contributed by atoms with Gasteiger partial charge in [0.15, 0.2) is 0 Å². The van der Waals surface area contributed by atoms with E-state index in [1.165, 1.54) is 4.90 Å². The van der Waals surface area contributed by atoms with Crippen molar-refractivity contribution in [3.8, 4) is 0 Å². The minimum atomic E-state index is -3.73. The third-order valence-electron chi connectivity index (χ3n) is 6.80. The molecule has 2 aromatic rings. The maximum Gasteiger partial charge on any atom is 0.331 e. The second-order valence-electron chi connectivity index (χ2n) is 11.3. The fourth-order valence-electron chi connectivity index (χ4n) is 4.68. The topological polar surface area (TPSA) is 110 Å². The van der Waals surface area contributed by atoms with Gasteiger partial charge in [0.05, 0.1) is 5.41 Å². The highest BCUT2D eigenvalue weighted by atomic mass is 31.2. The second-order valence-corrected chi connectivity index (χ2v) is 13.7. The number of nitrogens with zero attached hydrogens (tertiary/aromatic N) is 1. The van der Waals surface area contributed by atoms with Gasteiger partial charge in [0, 0.05) is 12.7 Å². The number of ether oxygens (including phenoxy) is 2. The van der Waals surface area contributed by atoms with Gasteiger partial charge in [0.25, 0.3) is 0 Å². The Kier molecular flexibility index (Phi) is 10.9. The summed E-state index contributed by atoms with van der Waals surface area (Å²) in [5.41, 5.74) is 1.50. The zero-order valence-corrected chi connectivity index (χ0v) is 24.0. The number of carbonyl (C=O) groups is 3. The van der Waals surface area contributed by atoms with Crippen molar-refractivity contribution in [3.05, 3.63) is 71.8 Å². The first-order valence-electron chi connectivity index (χ1n) is 13.5. The molecule has 0 saturated carbocycles. The molecule has 1 fully saturated rings. The first kappa shape index (κ1) is 30.6. The van der Waals surface area contributed by atoms with Crippen LogP contribution in [0.25, 0.3) is 0 Å². The van der Waals surface area contributed by atoms with E-state index in [0.717, 1.165) is 24.0 Å². The minimum Gasteiger partial charge on any atom is -0.427 e. The number of esters is 2. The lowest BCUT2D eigenvalue weighted by atomic mass is 9.97. The molecule has 0 spiro atoms. The molecule has 0 bridgehead atoms. The number of unbranched alkanes of at least 4 members (excludes halogenated alkanes) is 1. The van der Waals surface area contributed by atoms with Crippen LogP contribution in [0.2, 0.25) is 0 Å². The SMILES string of the molecule is CC(C)(C)C(=O)OCOC(=O)[C@@H]1C[C@H](Cc2ccccc2)CN1C(=O)CP(=O)(O)CCCCc1ccccc1. The van der Waals surface area contributed by atoms with Crippen LogP contribution in [-0.2, 0) is 41.3 Å². The van der Waals surface area contributed by atoms with Gasteiger partial charge in [-0.25, -0.2) is 4.79 Å². The van der Waals surface area contributed by atoms with Crippen molar-refractivity contribution in [1.29, 1.82) is 0 Å². The number of amides is 1. The smallest absolute Gasteiger partial charge is 0.331 e. The molecule has 39 heavy (non-hydrogen) atoms. The molecular weight excluding hydrogens is 517 g/mol. The third-order valence-corrected chi connectivity index (χ3v) is 8.58. The standard InChI is InChI=1S/C30H40NO7P/c1-30(2,3)29(34)38-22-37-28(33)26-19-25(18-24-15-8-5-9-16-24)20-31(26)27(32)21-39(35,36)17-11-10-14-23-12-6-4-7-13-23/h4-9,12-13,15-16,25-26H,10-11,14,17-22H2,1-3H3,(H,35,36)/t25-,26-/m0/s1. The summed E-state index contributed by atoms with van der Waals surface area (Å²) in [5.74, 6) is -1.75. The lowest BCUT2D eigenvalue weighted by molar-refractivity contribution is -0.176. The Morgan fingerprint density at radius 2 is 1.56 bits per heavy atom. The van der Waals surface area contributed by atoms with Crippen LogP contribution in [0.1, 0.15) is 51.2 Å². The fraction of sp³-hybridized carbons (Fsp3) is 0.500. The van der Waals surface area contributed by atoms with E-state index in [1.54, 1.807) is 20.8 Å². The molecule has 0 aliphatic carbocycles. The largest absolute Gasteiger partial charge is 0.427 e. The minimum absolute atomic E-state index is 0.0185. The predicted molar refractivity (Wildman–Crippen MR) is 149 cm³/mol. The highest BCUT2D eigenvalue weighted by Gasteiger charge is 2.42. The van der Waals surface area contributed by atoms with Crippen LogP contribution >= 0.6 is 7.37 Å². The molecule has 1 unspecified atom stereocenters. The molecule has 9 heteroatoms. The number of rotatable bonds is 12. The molecule has 1 N–H and O–H groups in total. The van der Waals surface area contributed by atoms with Crippen LogP contribution in [0.5, 0.6) is 0 Å². The number of hydrogen-bond donors (Lipinski definition) is 1. The highest BCUT2D eigenvalue weighted by Crippen LogP contribution is 2.42. The van der Waals surface area contributed by atoms with Crippen molar-refractivity contribution in [2.45, 2.75) is 58.9 Å². The Bertz CT molecular complexity index is 1150. The molecule has 1 aliphatic rings. The average Bonchev–Trinajstić information content (AvgIpc) is 3.31. The first-order chi connectivity index (χ1) is 18.4. The van der Waals surface area contributed by atoms with Gasteiger partial charge in [0.1, 0.15) is 12.2 Å². The van der Waals surface area contributed by atoms with Crippen molar-refractivity contribution in [2.24, 2.45) is 11.3 Å². The monoisotopic (exact) mass is 557 g/mol. The van der Waals surface area contributed by atoms with E-state index in [-0.39, 0.29) is 18.6 Å². The van der Waals surface area contributed by atoms with Gasteiger partial charge in [-0.05, 0) is 69.9 Å². The Hall–Kier alpha value is -2.96. The molecular formula is C30H40NO7P. The summed E-state index contributed by atoms with van der Waals surface area (Å²) in [6.07, 6.45) is 2.62. The molecule has 1 aliphatic heterocycles. The number of aryl methyl sites for hydroxylation is 1. The van der Waals surface area contributed by atoms with Crippen LogP contribution in [0.3, 0.4) is 0 Å². The van der Waals surface area contributed by atoms with Gasteiger partial charge in [-0.1, -0.05) is 60.7 Å². The lowest BCUT2D eigenvalue weighted by Crippen LogP contribution is -2.43. The lowest BCUT2D eigenvalue weighted by Gasteiger charge is -2.24. The van der Waals surface area contributed by atoms with Crippen LogP contribution < -0.4 is 0 Å². The maximum absolute atomic E-state index is 13.2. The van der Waals surface area contributed by atoms with E-state index in [4.69, 9.17) is 9.47 Å². The first-order valence-corrected chi connectivity index (χ1v) is 15.5. The molecule has 3 rings (SSSR count). The molecule has 212 valence electrons. The van der Waals surface area contributed by atoms with E-state index in [9.17, 15) is 23.8 Å². The van der Waals surface area contributed by atoms with Gasteiger partial charge in [-0.3, -0.25) is 14.2 Å². The van der Waals surface area contributed by atoms with E-state index in [0.29, 0.717) is 19.3 Å². The summed E-state index contributed by atoms with van der Waals surface area (Å²) < 4.78 is 23.2. The summed E-state index contributed by atoms with van der Waals surface area (Å²) in [6.45, 7) is 4.81. The number of hydrogen-bond acceptors (Lipinski definition) is 6. The highest BCUT2D eigenvalue weighted by molar-refractivity contribution is 7.58. The predicted octanol–water partition coefficient (Wildman–Crippen LogP) is 4.83. The molecule has 1 saturated heterocycles. The fourth-order valence-corrected chi connectivity index (χ4v) is 6.17.